The van der Waals surface area contributed by atoms with Crippen LogP contribution >= 0.6 is 0 Å². The van der Waals surface area contributed by atoms with Crippen molar-refractivity contribution in [1.29, 1.82) is 0 Å². The molecule has 3 atom stereocenters. The van der Waals surface area contributed by atoms with Gasteiger partial charge in [0.2, 0.25) is 17.7 Å². The number of fused-ring (bicyclic) bond motifs is 3. The molecule has 3 aliphatic heterocycles. The number of nitrogens with zero attached hydrogens (tertiary/aromatic N) is 7. The molecule has 15 nitrogen and oxygen atoms in total. The molecule has 0 saturated carbocycles. The Morgan fingerprint density at radius 1 is 0.675 bits per heavy atom. The molecule has 6 heterocycles. The third kappa shape index (κ3) is 4.48. The number of amides is 6. The molecule has 0 radical (unpaired) electrons. The Kier molecular flexibility index (Phi) is 7.24. The number of aromatic nitrogens is 6. The number of aromatic amines is 1. The van der Waals surface area contributed by atoms with Crippen LogP contribution in [0.4, 0.5) is 0 Å². The quantitative estimate of drug-likeness (QED) is 0.364. The SMILES string of the molecule is CC1C(=O)N(C)C(=O)c2c1ncn2C.CC1C(=O)N(C)C(=O)c2nc[nH]c21.CC1C(=O)NC(=O)c2c1ncn2C. The molecule has 0 aromatic carbocycles. The van der Waals surface area contributed by atoms with Crippen LogP contribution in [0, 0.1) is 0 Å². The molecule has 3 aromatic rings. The summed E-state index contributed by atoms with van der Waals surface area (Å²) in [6, 6.07) is 0. The van der Waals surface area contributed by atoms with Gasteiger partial charge in [0.15, 0.2) is 5.69 Å². The number of hydrogen-bond acceptors (Lipinski definition) is 9. The molecule has 40 heavy (non-hydrogen) atoms. The Balaban J connectivity index is 0.000000139. The lowest BCUT2D eigenvalue weighted by atomic mass is 9.99. The molecule has 210 valence electrons. The molecule has 6 rings (SSSR count). The van der Waals surface area contributed by atoms with Gasteiger partial charge in [0.1, 0.15) is 11.4 Å². The van der Waals surface area contributed by atoms with Gasteiger partial charge >= 0.3 is 0 Å². The van der Waals surface area contributed by atoms with Crippen LogP contribution in [0.3, 0.4) is 0 Å². The fourth-order valence-corrected chi connectivity index (χ4v) is 4.61. The zero-order valence-corrected chi connectivity index (χ0v) is 23.0. The summed E-state index contributed by atoms with van der Waals surface area (Å²) in [6.07, 6.45) is 4.54. The Bertz CT molecular complexity index is 1560. The average molecular weight is 552 g/mol. The second-order valence-electron chi connectivity index (χ2n) is 9.73. The van der Waals surface area contributed by atoms with Crippen molar-refractivity contribution in [2.75, 3.05) is 14.1 Å². The van der Waals surface area contributed by atoms with Gasteiger partial charge in [-0.2, -0.15) is 0 Å². The summed E-state index contributed by atoms with van der Waals surface area (Å²) in [6.45, 7) is 5.24. The molecule has 0 aliphatic carbocycles. The minimum Gasteiger partial charge on any atom is -0.347 e. The minimum absolute atomic E-state index is 0.193. The minimum atomic E-state index is -0.363. The van der Waals surface area contributed by atoms with E-state index in [4.69, 9.17) is 0 Å². The molecule has 0 saturated heterocycles. The van der Waals surface area contributed by atoms with Crippen LogP contribution < -0.4 is 5.32 Å². The van der Waals surface area contributed by atoms with Crippen LogP contribution in [0.25, 0.3) is 0 Å². The van der Waals surface area contributed by atoms with Crippen molar-refractivity contribution in [2.45, 2.75) is 38.5 Å². The summed E-state index contributed by atoms with van der Waals surface area (Å²) in [4.78, 5) is 85.7. The first-order valence-corrected chi connectivity index (χ1v) is 12.3. The van der Waals surface area contributed by atoms with E-state index >= 15 is 0 Å². The van der Waals surface area contributed by atoms with Crippen LogP contribution in [0.1, 0.15) is 87.1 Å². The van der Waals surface area contributed by atoms with E-state index in [9.17, 15) is 28.8 Å². The zero-order chi connectivity index (χ0) is 29.6. The van der Waals surface area contributed by atoms with Crippen molar-refractivity contribution in [3.8, 4) is 0 Å². The standard InChI is InChI=1S/C9H11N3O2.2C8H9N3O2/c1-5-6-7(11(2)4-10-6)9(14)12(3)8(5)13;1-4-5-6(11(2)3-9-5)8(13)10-7(4)12;1-4-5-6(10-3-9-5)8(13)11(2)7(4)12/h4-5H,1-3H3;3-4H,1-2H3,(H,10,12,13);3-4H,1-2H3,(H,9,10). The molecular weight excluding hydrogens is 522 g/mol. The van der Waals surface area contributed by atoms with Gasteiger partial charge in [-0.05, 0) is 20.8 Å². The number of H-pyrrole nitrogens is 1. The van der Waals surface area contributed by atoms with Gasteiger partial charge in [0, 0.05) is 28.2 Å². The summed E-state index contributed by atoms with van der Waals surface area (Å²) >= 11 is 0. The molecule has 3 aliphatic rings. The third-order valence-electron chi connectivity index (χ3n) is 7.11. The number of rotatable bonds is 0. The molecule has 0 fully saturated rings. The van der Waals surface area contributed by atoms with Crippen molar-refractivity contribution < 1.29 is 28.8 Å². The maximum atomic E-state index is 11.7. The summed E-state index contributed by atoms with van der Waals surface area (Å²) in [5, 5.41) is 2.27. The zero-order valence-electron chi connectivity index (χ0n) is 23.0. The first-order valence-electron chi connectivity index (χ1n) is 12.3. The normalized spacial score (nSPS) is 21.5. The molecular formula is C25H29N9O6. The fourth-order valence-electron chi connectivity index (χ4n) is 4.61. The van der Waals surface area contributed by atoms with Crippen molar-refractivity contribution in [3.63, 3.8) is 0 Å². The summed E-state index contributed by atoms with van der Waals surface area (Å²) < 4.78 is 3.27. The number of imide groups is 3. The van der Waals surface area contributed by atoms with E-state index in [1.807, 2.05) is 0 Å². The van der Waals surface area contributed by atoms with Crippen LogP contribution in [0.5, 0.6) is 0 Å². The van der Waals surface area contributed by atoms with E-state index < -0.39 is 0 Å². The van der Waals surface area contributed by atoms with Gasteiger partial charge in [-0.15, -0.1) is 0 Å². The topological polar surface area (TPSA) is 185 Å². The third-order valence-corrected chi connectivity index (χ3v) is 7.11. The van der Waals surface area contributed by atoms with Crippen LogP contribution in [-0.4, -0.2) is 88.4 Å². The second kappa shape index (κ2) is 10.3. The monoisotopic (exact) mass is 551 g/mol. The van der Waals surface area contributed by atoms with E-state index in [0.29, 0.717) is 34.2 Å². The number of carbonyl (C=O) groups excluding carboxylic acids is 6. The van der Waals surface area contributed by atoms with Gasteiger partial charge in [-0.3, -0.25) is 43.9 Å². The maximum Gasteiger partial charge on any atom is 0.280 e. The number of likely N-dealkylation sites (N-methyl/N-ethyl adjacent to an activating group) is 2. The Labute approximate surface area is 228 Å². The Hall–Kier alpha value is -4.95. The molecule has 3 unspecified atom stereocenters. The second-order valence-corrected chi connectivity index (χ2v) is 9.73. The maximum absolute atomic E-state index is 11.7. The Morgan fingerprint density at radius 3 is 1.82 bits per heavy atom. The van der Waals surface area contributed by atoms with Gasteiger partial charge in [0.05, 0.1) is 53.8 Å². The van der Waals surface area contributed by atoms with E-state index in [0.717, 1.165) is 9.80 Å². The summed E-state index contributed by atoms with van der Waals surface area (Å²) in [5.41, 5.74) is 3.12. The number of hydrogen-bond donors (Lipinski definition) is 2. The number of carbonyl (C=O) groups is 6. The first-order chi connectivity index (χ1) is 18.8. The average Bonchev–Trinajstić information content (AvgIpc) is 3.66. The first kappa shape index (κ1) is 28.1. The van der Waals surface area contributed by atoms with Gasteiger partial charge in [-0.25, -0.2) is 15.0 Å². The van der Waals surface area contributed by atoms with Crippen LogP contribution in [-0.2, 0) is 28.5 Å². The summed E-state index contributed by atoms with van der Waals surface area (Å²) in [5.74, 6) is -2.61. The fraction of sp³-hybridized carbons (Fsp3) is 0.400. The van der Waals surface area contributed by atoms with E-state index in [1.165, 1.54) is 20.4 Å². The summed E-state index contributed by atoms with van der Waals surface area (Å²) in [7, 11) is 6.45. The molecule has 3 aromatic heterocycles. The lowest BCUT2D eigenvalue weighted by molar-refractivity contribution is -0.130. The number of aryl methyl sites for hydroxylation is 2. The van der Waals surface area contributed by atoms with Gasteiger partial charge in [0.25, 0.3) is 17.7 Å². The van der Waals surface area contributed by atoms with Crippen molar-refractivity contribution in [2.24, 2.45) is 14.1 Å². The number of nitrogens with one attached hydrogen (secondary N) is 2. The van der Waals surface area contributed by atoms with E-state index in [2.05, 4.69) is 25.3 Å². The van der Waals surface area contributed by atoms with Crippen molar-refractivity contribution in [1.82, 2.24) is 44.2 Å². The van der Waals surface area contributed by atoms with Gasteiger partial charge < -0.3 is 14.1 Å². The lowest BCUT2D eigenvalue weighted by Crippen LogP contribution is -2.42. The Morgan fingerprint density at radius 2 is 1.20 bits per heavy atom. The highest BCUT2D eigenvalue weighted by molar-refractivity contribution is 6.11. The highest BCUT2D eigenvalue weighted by Gasteiger charge is 2.38. The van der Waals surface area contributed by atoms with Crippen molar-refractivity contribution in [3.05, 3.63) is 53.1 Å². The van der Waals surface area contributed by atoms with Gasteiger partial charge in [-0.1, -0.05) is 0 Å². The molecule has 6 amide bonds. The van der Waals surface area contributed by atoms with Crippen LogP contribution in [0.2, 0.25) is 0 Å². The highest BCUT2D eigenvalue weighted by atomic mass is 16.2. The largest absolute Gasteiger partial charge is 0.347 e. The molecule has 0 spiro atoms. The highest BCUT2D eigenvalue weighted by Crippen LogP contribution is 2.27. The predicted octanol–water partition coefficient (Wildman–Crippen LogP) is 0.0548. The van der Waals surface area contributed by atoms with Crippen LogP contribution in [0.15, 0.2) is 19.0 Å². The van der Waals surface area contributed by atoms with E-state index in [-0.39, 0.29) is 53.2 Å². The van der Waals surface area contributed by atoms with Crippen molar-refractivity contribution >= 4 is 35.4 Å². The number of imidazole rings is 3. The lowest BCUT2D eigenvalue weighted by Gasteiger charge is -2.25. The molecule has 0 bridgehead atoms. The molecule has 2 N–H and O–H groups in total. The van der Waals surface area contributed by atoms with E-state index in [1.54, 1.807) is 56.7 Å². The smallest absolute Gasteiger partial charge is 0.280 e. The predicted molar refractivity (Wildman–Crippen MR) is 137 cm³/mol. The molecule has 15 heteroatoms.